The molecule has 9 heteroatoms. The van der Waals surface area contributed by atoms with Gasteiger partial charge in [0, 0.05) is 12.8 Å². The molecule has 0 spiro atoms. The Morgan fingerprint density at radius 2 is 1.59 bits per heavy atom. The van der Waals surface area contributed by atoms with E-state index in [2.05, 4.69) is 0 Å². The van der Waals surface area contributed by atoms with Crippen LogP contribution >= 0.6 is 0 Å². The molecule has 1 unspecified atom stereocenters. The van der Waals surface area contributed by atoms with E-state index < -0.39 is 76.1 Å². The van der Waals surface area contributed by atoms with Crippen molar-refractivity contribution in [3.63, 3.8) is 0 Å². The van der Waals surface area contributed by atoms with Gasteiger partial charge in [0.1, 0.15) is 16.9 Å². The Balaban J connectivity index is 2.09. The number of Topliss-reactive ketones (excluding diaryl/α,β-unsaturated/α-hetero) is 3. The van der Waals surface area contributed by atoms with Gasteiger partial charge in [-0.3, -0.25) is 14.4 Å². The smallest absolute Gasteiger partial charge is 0.416 e. The van der Waals surface area contributed by atoms with Crippen LogP contribution in [-0.2, 0) is 17.4 Å². The Morgan fingerprint density at radius 3 is 2.12 bits per heavy atom. The number of aliphatic hydroxyl groups excluding tert-OH is 1. The van der Waals surface area contributed by atoms with Crippen LogP contribution in [0.5, 0.6) is 11.5 Å². The lowest BCUT2D eigenvalue weighted by atomic mass is 9.62. The zero-order valence-corrected chi connectivity index (χ0v) is 18.4. The normalized spacial score (nSPS) is 18.9. The van der Waals surface area contributed by atoms with Gasteiger partial charge in [0.25, 0.3) is 0 Å². The SMILES string of the molecule is CC(C)=CC[C@@H](O)C1(C(=O)Cc2ccc(C(F)(F)F)cc2)CC(=O)c2c(O)ccc(O)c2C1=O. The van der Waals surface area contributed by atoms with Crippen molar-refractivity contribution >= 4 is 17.3 Å². The fourth-order valence-corrected chi connectivity index (χ4v) is 4.12. The highest BCUT2D eigenvalue weighted by Crippen LogP contribution is 2.46. The average Bonchev–Trinajstić information content (AvgIpc) is 2.75. The molecular weight excluding hydrogens is 453 g/mol. The van der Waals surface area contributed by atoms with Gasteiger partial charge >= 0.3 is 6.18 Å². The summed E-state index contributed by atoms with van der Waals surface area (Å²) < 4.78 is 38.6. The quantitative estimate of drug-likeness (QED) is 0.324. The van der Waals surface area contributed by atoms with E-state index in [4.69, 9.17) is 0 Å². The monoisotopic (exact) mass is 476 g/mol. The van der Waals surface area contributed by atoms with Crippen LogP contribution in [0.25, 0.3) is 0 Å². The number of phenols is 2. The van der Waals surface area contributed by atoms with Gasteiger partial charge in [0.2, 0.25) is 0 Å². The minimum Gasteiger partial charge on any atom is -0.507 e. The van der Waals surface area contributed by atoms with E-state index in [1.54, 1.807) is 19.9 Å². The largest absolute Gasteiger partial charge is 0.507 e. The van der Waals surface area contributed by atoms with Crippen LogP contribution in [0.4, 0.5) is 13.2 Å². The molecule has 2 atom stereocenters. The average molecular weight is 476 g/mol. The van der Waals surface area contributed by atoms with Gasteiger partial charge in [0.15, 0.2) is 17.3 Å². The van der Waals surface area contributed by atoms with Crippen LogP contribution in [0, 0.1) is 5.41 Å². The second-order valence-electron chi connectivity index (χ2n) is 8.58. The first kappa shape index (κ1) is 25.2. The van der Waals surface area contributed by atoms with Crippen molar-refractivity contribution in [2.75, 3.05) is 0 Å². The Hall–Kier alpha value is -3.46. The summed E-state index contributed by atoms with van der Waals surface area (Å²) in [6, 6.07) is 5.80. The number of aliphatic hydroxyl groups is 1. The summed E-state index contributed by atoms with van der Waals surface area (Å²) in [7, 11) is 0. The van der Waals surface area contributed by atoms with Crippen LogP contribution in [-0.4, -0.2) is 38.8 Å². The molecule has 6 nitrogen and oxygen atoms in total. The summed E-state index contributed by atoms with van der Waals surface area (Å²) in [6.07, 6.45) is -6.09. The van der Waals surface area contributed by atoms with Gasteiger partial charge in [-0.1, -0.05) is 23.8 Å². The highest BCUT2D eigenvalue weighted by Gasteiger charge is 2.56. The molecule has 3 rings (SSSR count). The van der Waals surface area contributed by atoms with Crippen LogP contribution < -0.4 is 0 Å². The molecule has 0 amide bonds. The van der Waals surface area contributed by atoms with E-state index in [1.807, 2.05) is 0 Å². The number of hydrogen-bond donors (Lipinski definition) is 3. The number of hydrogen-bond acceptors (Lipinski definition) is 6. The zero-order valence-electron chi connectivity index (χ0n) is 18.4. The molecule has 0 bridgehead atoms. The molecule has 0 saturated carbocycles. The molecule has 180 valence electrons. The van der Waals surface area contributed by atoms with Gasteiger partial charge in [-0.15, -0.1) is 0 Å². The Labute approximate surface area is 193 Å². The predicted octanol–water partition coefficient (Wildman–Crippen LogP) is 4.40. The first-order valence-corrected chi connectivity index (χ1v) is 10.4. The van der Waals surface area contributed by atoms with Crippen molar-refractivity contribution < 1.29 is 42.9 Å². The molecule has 0 saturated heterocycles. The van der Waals surface area contributed by atoms with Gasteiger partial charge in [-0.25, -0.2) is 0 Å². The summed E-state index contributed by atoms with van der Waals surface area (Å²) in [5, 5.41) is 31.4. The van der Waals surface area contributed by atoms with E-state index in [0.29, 0.717) is 0 Å². The number of halogens is 3. The van der Waals surface area contributed by atoms with Crippen LogP contribution in [0.2, 0.25) is 0 Å². The molecule has 34 heavy (non-hydrogen) atoms. The summed E-state index contributed by atoms with van der Waals surface area (Å²) in [5.74, 6) is -3.91. The fraction of sp³-hybridized carbons (Fsp3) is 0.320. The first-order valence-electron chi connectivity index (χ1n) is 10.4. The molecule has 2 aromatic rings. The number of allylic oxidation sites excluding steroid dienone is 1. The van der Waals surface area contributed by atoms with Gasteiger partial charge in [-0.2, -0.15) is 13.2 Å². The van der Waals surface area contributed by atoms with Crippen LogP contribution in [0.1, 0.15) is 58.5 Å². The summed E-state index contributed by atoms with van der Waals surface area (Å²) in [4.78, 5) is 40.0. The zero-order chi connectivity index (χ0) is 25.4. The lowest BCUT2D eigenvalue weighted by Crippen LogP contribution is -2.53. The number of ketones is 3. The van der Waals surface area contributed by atoms with Crippen molar-refractivity contribution in [2.45, 2.75) is 45.4 Å². The number of aromatic hydroxyl groups is 2. The molecular formula is C25H23F3O6. The minimum atomic E-state index is -4.57. The number of phenolic OH excluding ortho intramolecular Hbond substituents is 2. The Morgan fingerprint density at radius 1 is 1.03 bits per heavy atom. The molecule has 1 aliphatic carbocycles. The third kappa shape index (κ3) is 4.48. The molecule has 1 aliphatic rings. The third-order valence-corrected chi connectivity index (χ3v) is 5.97. The lowest BCUT2D eigenvalue weighted by molar-refractivity contribution is -0.137. The standard InChI is InChI=1S/C25H23F3O6/c1-13(2)3-10-19(32)24(20(33)11-14-4-6-15(7-5-14)25(26,27)28)12-18(31)21-16(29)8-9-17(30)22(21)23(24)34/h3-9,19,29-30,32H,10-12H2,1-2H3/t19-,24?/m1/s1. The topological polar surface area (TPSA) is 112 Å². The summed E-state index contributed by atoms with van der Waals surface area (Å²) in [5.41, 5.74) is -3.27. The predicted molar refractivity (Wildman–Crippen MR) is 116 cm³/mol. The highest BCUT2D eigenvalue weighted by atomic mass is 19.4. The number of carbonyl (C=O) groups excluding carboxylic acids is 3. The highest BCUT2D eigenvalue weighted by molar-refractivity contribution is 6.26. The van der Waals surface area contributed by atoms with Crippen LogP contribution in [0.3, 0.4) is 0 Å². The van der Waals surface area contributed by atoms with Crippen molar-refractivity contribution in [3.05, 3.63) is 70.3 Å². The number of carbonyl (C=O) groups is 3. The third-order valence-electron chi connectivity index (χ3n) is 5.97. The summed E-state index contributed by atoms with van der Waals surface area (Å²) in [6.45, 7) is 3.47. The number of alkyl halides is 3. The van der Waals surface area contributed by atoms with E-state index in [9.17, 15) is 42.9 Å². The molecule has 2 aromatic carbocycles. The van der Waals surface area contributed by atoms with Crippen molar-refractivity contribution in [1.82, 2.24) is 0 Å². The van der Waals surface area contributed by atoms with Gasteiger partial charge < -0.3 is 15.3 Å². The molecule has 3 N–H and O–H groups in total. The first-order chi connectivity index (χ1) is 15.8. The number of benzene rings is 2. The molecule has 0 radical (unpaired) electrons. The van der Waals surface area contributed by atoms with Crippen molar-refractivity contribution in [2.24, 2.45) is 5.41 Å². The van der Waals surface area contributed by atoms with E-state index in [0.717, 1.165) is 42.0 Å². The van der Waals surface area contributed by atoms with E-state index >= 15 is 0 Å². The number of fused-ring (bicyclic) bond motifs is 1. The molecule has 0 aliphatic heterocycles. The van der Waals surface area contributed by atoms with E-state index in [1.165, 1.54) is 0 Å². The van der Waals surface area contributed by atoms with Crippen molar-refractivity contribution in [3.8, 4) is 11.5 Å². The maximum Gasteiger partial charge on any atom is 0.416 e. The molecule has 0 aromatic heterocycles. The molecule has 0 fully saturated rings. The summed E-state index contributed by atoms with van der Waals surface area (Å²) >= 11 is 0. The van der Waals surface area contributed by atoms with E-state index in [-0.39, 0.29) is 12.0 Å². The second kappa shape index (κ2) is 9.06. The lowest BCUT2D eigenvalue weighted by Gasteiger charge is -2.38. The van der Waals surface area contributed by atoms with Gasteiger partial charge in [-0.05, 0) is 50.1 Å². The Bertz CT molecular complexity index is 1180. The number of rotatable bonds is 6. The molecule has 0 heterocycles. The minimum absolute atomic E-state index is 0.151. The second-order valence-corrected chi connectivity index (χ2v) is 8.58. The fourth-order valence-electron chi connectivity index (χ4n) is 4.12. The maximum absolute atomic E-state index is 13.6. The van der Waals surface area contributed by atoms with Crippen LogP contribution in [0.15, 0.2) is 48.0 Å². The Kier molecular flexibility index (Phi) is 6.71. The maximum atomic E-state index is 13.6. The van der Waals surface area contributed by atoms with Crippen molar-refractivity contribution in [1.29, 1.82) is 0 Å². The van der Waals surface area contributed by atoms with Gasteiger partial charge in [0.05, 0.1) is 22.8 Å².